The molecule has 31 heavy (non-hydrogen) atoms. The first kappa shape index (κ1) is 21.4. The van der Waals surface area contributed by atoms with Gasteiger partial charge in [0.1, 0.15) is 11.4 Å². The average molecular weight is 440 g/mol. The molecule has 0 unspecified atom stereocenters. The number of carbonyl (C=O) groups excluding carboxylic acids is 1. The number of aliphatic hydroxyl groups is 1. The van der Waals surface area contributed by atoms with E-state index >= 15 is 0 Å². The van der Waals surface area contributed by atoms with Crippen LogP contribution in [-0.2, 0) is 15.1 Å². The van der Waals surface area contributed by atoms with Gasteiger partial charge in [-0.3, -0.25) is 9.78 Å². The van der Waals surface area contributed by atoms with Gasteiger partial charge in [-0.2, -0.15) is 0 Å². The molecule has 0 atom stereocenters. The molecular formula is C23H25N3O4S. The predicted octanol–water partition coefficient (Wildman–Crippen LogP) is 4.23. The molecule has 0 saturated carbocycles. The molecule has 0 aliphatic carbocycles. The van der Waals surface area contributed by atoms with Gasteiger partial charge in [-0.15, -0.1) is 11.3 Å². The van der Waals surface area contributed by atoms with Crippen molar-refractivity contribution in [1.82, 2.24) is 9.97 Å². The monoisotopic (exact) mass is 439 g/mol. The Bertz CT molecular complexity index is 1080. The zero-order valence-electron chi connectivity index (χ0n) is 17.6. The van der Waals surface area contributed by atoms with Crippen LogP contribution in [0, 0.1) is 0 Å². The molecule has 2 N–H and O–H groups in total. The van der Waals surface area contributed by atoms with Gasteiger partial charge in [0.2, 0.25) is 5.91 Å². The molecule has 0 radical (unpaired) electrons. The summed E-state index contributed by atoms with van der Waals surface area (Å²) in [7, 11) is 1.58. The Morgan fingerprint density at radius 2 is 2.10 bits per heavy atom. The fourth-order valence-corrected chi connectivity index (χ4v) is 4.20. The lowest BCUT2D eigenvalue weighted by molar-refractivity contribution is -0.185. The largest absolute Gasteiger partial charge is 0.496 e. The van der Waals surface area contributed by atoms with Crippen molar-refractivity contribution in [3.05, 3.63) is 47.6 Å². The summed E-state index contributed by atoms with van der Waals surface area (Å²) in [6.45, 7) is 2.58. The molecule has 3 aromatic rings. The van der Waals surface area contributed by atoms with Crippen molar-refractivity contribution in [3.63, 3.8) is 0 Å². The summed E-state index contributed by atoms with van der Waals surface area (Å²) in [6.07, 6.45) is 5.79. The van der Waals surface area contributed by atoms with Gasteiger partial charge in [-0.1, -0.05) is 25.5 Å². The number of nitrogens with zero attached hydrogens (tertiary/aromatic N) is 2. The third-order valence-corrected chi connectivity index (χ3v) is 6.16. The van der Waals surface area contributed by atoms with E-state index in [2.05, 4.69) is 17.2 Å². The molecule has 2 aromatic heterocycles. The average Bonchev–Trinajstić information content (AvgIpc) is 3.24. The lowest BCUT2D eigenvalue weighted by Gasteiger charge is -2.37. The Kier molecular flexibility index (Phi) is 6.31. The van der Waals surface area contributed by atoms with Crippen molar-refractivity contribution in [2.45, 2.75) is 31.8 Å². The van der Waals surface area contributed by atoms with Crippen molar-refractivity contribution in [2.75, 3.05) is 25.6 Å². The molecule has 7 nitrogen and oxygen atoms in total. The highest BCUT2D eigenvalue weighted by molar-refractivity contribution is 7.14. The molecule has 4 rings (SSSR count). The number of carbonyl (C=O) groups is 1. The molecule has 0 bridgehead atoms. The van der Waals surface area contributed by atoms with Crippen LogP contribution in [0.25, 0.3) is 21.8 Å². The minimum absolute atomic E-state index is 0.0248. The maximum absolute atomic E-state index is 12.0. The molecule has 1 aromatic carbocycles. The van der Waals surface area contributed by atoms with Crippen LogP contribution in [0.15, 0.2) is 42.0 Å². The number of ether oxygens (including phenoxy) is 2. The fraction of sp³-hybridized carbons (Fsp3) is 0.348. The summed E-state index contributed by atoms with van der Waals surface area (Å²) in [5.41, 5.74) is 2.73. The molecule has 1 aliphatic rings. The van der Waals surface area contributed by atoms with Crippen LogP contribution in [0.2, 0.25) is 0 Å². The van der Waals surface area contributed by atoms with E-state index in [-0.39, 0.29) is 19.1 Å². The number of nitrogens with one attached hydrogen (secondary N) is 1. The van der Waals surface area contributed by atoms with Crippen LogP contribution in [0.5, 0.6) is 5.75 Å². The number of hydrogen-bond acceptors (Lipinski definition) is 7. The van der Waals surface area contributed by atoms with E-state index < -0.39 is 5.60 Å². The van der Waals surface area contributed by atoms with E-state index in [0.717, 1.165) is 34.7 Å². The quantitative estimate of drug-likeness (QED) is 0.546. The highest BCUT2D eigenvalue weighted by atomic mass is 32.1. The van der Waals surface area contributed by atoms with Crippen LogP contribution in [0.1, 0.15) is 31.7 Å². The van der Waals surface area contributed by atoms with Crippen molar-refractivity contribution >= 4 is 22.9 Å². The van der Waals surface area contributed by atoms with Gasteiger partial charge in [0.15, 0.2) is 0 Å². The summed E-state index contributed by atoms with van der Waals surface area (Å²) in [5, 5.41) is 15.4. The van der Waals surface area contributed by atoms with Crippen LogP contribution >= 0.6 is 11.3 Å². The number of benzene rings is 1. The normalized spacial score (nSPS) is 14.7. The maximum atomic E-state index is 12.0. The lowest BCUT2D eigenvalue weighted by Crippen LogP contribution is -2.46. The minimum Gasteiger partial charge on any atom is -0.496 e. The first-order valence-corrected chi connectivity index (χ1v) is 11.1. The summed E-state index contributed by atoms with van der Waals surface area (Å²) < 4.78 is 10.7. The van der Waals surface area contributed by atoms with Gasteiger partial charge in [0.05, 0.1) is 54.7 Å². The number of methoxy groups -OCH3 is 1. The summed E-state index contributed by atoms with van der Waals surface area (Å²) >= 11 is 1.51. The van der Waals surface area contributed by atoms with Gasteiger partial charge < -0.3 is 19.9 Å². The Morgan fingerprint density at radius 1 is 1.29 bits per heavy atom. The summed E-state index contributed by atoms with van der Waals surface area (Å²) in [6, 6.07) is 7.52. The van der Waals surface area contributed by atoms with E-state index in [4.69, 9.17) is 14.5 Å². The van der Waals surface area contributed by atoms with Crippen molar-refractivity contribution in [3.8, 4) is 27.6 Å². The molecule has 0 spiro atoms. The number of rotatable bonds is 8. The number of amides is 1. The zero-order chi connectivity index (χ0) is 21.8. The van der Waals surface area contributed by atoms with Crippen molar-refractivity contribution in [2.24, 2.45) is 0 Å². The van der Waals surface area contributed by atoms with Crippen molar-refractivity contribution in [1.29, 1.82) is 0 Å². The number of thiophene rings is 1. The van der Waals surface area contributed by atoms with Crippen LogP contribution in [-0.4, -0.2) is 41.3 Å². The van der Waals surface area contributed by atoms with E-state index in [0.29, 0.717) is 23.4 Å². The molecule has 1 aliphatic heterocycles. The SMILES string of the molecule is CCCCC(=O)Nc1csc(-c2cncc(-c3ccc(C4(O)COC4)c(OC)c3)n2)c1. The van der Waals surface area contributed by atoms with E-state index in [1.165, 1.54) is 11.3 Å². The molecule has 8 heteroatoms. The Balaban J connectivity index is 1.56. The smallest absolute Gasteiger partial charge is 0.224 e. The molecule has 1 saturated heterocycles. The Morgan fingerprint density at radius 3 is 2.81 bits per heavy atom. The van der Waals surface area contributed by atoms with Gasteiger partial charge in [0, 0.05) is 22.9 Å². The van der Waals surface area contributed by atoms with Crippen LogP contribution < -0.4 is 10.1 Å². The van der Waals surface area contributed by atoms with Crippen molar-refractivity contribution < 1.29 is 19.4 Å². The second-order valence-corrected chi connectivity index (χ2v) is 8.49. The predicted molar refractivity (Wildman–Crippen MR) is 120 cm³/mol. The van der Waals surface area contributed by atoms with Gasteiger partial charge in [-0.05, 0) is 18.6 Å². The molecule has 162 valence electrons. The zero-order valence-corrected chi connectivity index (χ0v) is 18.4. The summed E-state index contributed by atoms with van der Waals surface area (Å²) in [5.74, 6) is 0.612. The maximum Gasteiger partial charge on any atom is 0.224 e. The number of unbranched alkanes of at least 4 members (excludes halogenated alkanes) is 1. The van der Waals surface area contributed by atoms with E-state index in [1.807, 2.05) is 29.6 Å². The number of anilines is 1. The number of aromatic nitrogens is 2. The fourth-order valence-electron chi connectivity index (χ4n) is 3.41. The first-order valence-electron chi connectivity index (χ1n) is 10.2. The summed E-state index contributed by atoms with van der Waals surface area (Å²) in [4.78, 5) is 22.0. The third-order valence-electron chi connectivity index (χ3n) is 5.21. The first-order chi connectivity index (χ1) is 15.0. The highest BCUT2D eigenvalue weighted by Gasteiger charge is 2.40. The van der Waals surface area contributed by atoms with Gasteiger partial charge >= 0.3 is 0 Å². The van der Waals surface area contributed by atoms with E-state index in [9.17, 15) is 9.90 Å². The molecule has 1 amide bonds. The lowest BCUT2D eigenvalue weighted by atomic mass is 9.90. The van der Waals surface area contributed by atoms with Gasteiger partial charge in [0.25, 0.3) is 0 Å². The third kappa shape index (κ3) is 4.61. The van der Waals surface area contributed by atoms with E-state index in [1.54, 1.807) is 19.5 Å². The second kappa shape index (κ2) is 9.13. The van der Waals surface area contributed by atoms with Gasteiger partial charge in [-0.25, -0.2) is 4.98 Å². The Hall–Kier alpha value is -2.81. The second-order valence-electron chi connectivity index (χ2n) is 7.58. The topological polar surface area (TPSA) is 93.6 Å². The molecular weight excluding hydrogens is 414 g/mol. The highest BCUT2D eigenvalue weighted by Crippen LogP contribution is 2.38. The minimum atomic E-state index is -1.01. The number of hydrogen-bond donors (Lipinski definition) is 2. The Labute approximate surface area is 185 Å². The molecule has 3 heterocycles. The van der Waals surface area contributed by atoms with Crippen LogP contribution in [0.4, 0.5) is 5.69 Å². The molecule has 1 fully saturated rings. The van der Waals surface area contributed by atoms with Crippen LogP contribution in [0.3, 0.4) is 0 Å². The standard InChI is InChI=1S/C23H25N3O4S/c1-3-4-5-22(27)25-16-9-21(31-12-16)19-11-24-10-18(26-19)15-6-7-17(20(8-15)29-2)23(28)13-30-14-23/h6-12,28H,3-5,13-14H2,1-2H3,(H,25,27).